The van der Waals surface area contributed by atoms with Gasteiger partial charge in [0.05, 0.1) is 19.3 Å². The van der Waals surface area contributed by atoms with Gasteiger partial charge in [-0.1, -0.05) is 13.8 Å². The Balaban J connectivity index is 3.11. The summed E-state index contributed by atoms with van der Waals surface area (Å²) in [5.74, 6) is 0.327. The van der Waals surface area contributed by atoms with E-state index in [4.69, 9.17) is 14.7 Å². The quantitative estimate of drug-likeness (QED) is 0.715. The molecular formula is C16H21NO3. The van der Waals surface area contributed by atoms with E-state index in [0.717, 1.165) is 0 Å². The van der Waals surface area contributed by atoms with Gasteiger partial charge in [-0.25, -0.2) is 0 Å². The van der Waals surface area contributed by atoms with Gasteiger partial charge in [-0.3, -0.25) is 4.79 Å². The van der Waals surface area contributed by atoms with E-state index >= 15 is 0 Å². The van der Waals surface area contributed by atoms with Crippen LogP contribution in [0, 0.1) is 23.2 Å². The highest BCUT2D eigenvalue weighted by Gasteiger charge is 2.24. The Morgan fingerprint density at radius 2 is 1.80 bits per heavy atom. The van der Waals surface area contributed by atoms with Crippen molar-refractivity contribution in [2.75, 3.05) is 13.2 Å². The van der Waals surface area contributed by atoms with Gasteiger partial charge in [0.1, 0.15) is 5.92 Å². The molecule has 0 radical (unpaired) electrons. The second-order valence-electron chi connectivity index (χ2n) is 4.74. The average molecular weight is 275 g/mol. The van der Waals surface area contributed by atoms with E-state index in [-0.39, 0.29) is 11.7 Å². The molecule has 108 valence electrons. The van der Waals surface area contributed by atoms with Crippen molar-refractivity contribution in [3.05, 3.63) is 23.8 Å². The molecule has 0 saturated heterocycles. The number of Topliss-reactive ketones (excluding diaryl/α,β-unsaturated/α-hetero) is 1. The zero-order chi connectivity index (χ0) is 15.1. The zero-order valence-electron chi connectivity index (χ0n) is 12.5. The third kappa shape index (κ3) is 3.74. The Kier molecular flexibility index (Phi) is 6.05. The van der Waals surface area contributed by atoms with Gasteiger partial charge in [0.15, 0.2) is 17.3 Å². The summed E-state index contributed by atoms with van der Waals surface area (Å²) in [7, 11) is 0. The summed E-state index contributed by atoms with van der Waals surface area (Å²) in [6.07, 6.45) is 0. The monoisotopic (exact) mass is 275 g/mol. The molecule has 0 aliphatic heterocycles. The lowest BCUT2D eigenvalue weighted by Crippen LogP contribution is -2.18. The highest BCUT2D eigenvalue weighted by molar-refractivity contribution is 6.00. The Morgan fingerprint density at radius 1 is 1.20 bits per heavy atom. The summed E-state index contributed by atoms with van der Waals surface area (Å²) in [4.78, 5) is 12.3. The lowest BCUT2D eigenvalue weighted by Gasteiger charge is -2.15. The third-order valence-corrected chi connectivity index (χ3v) is 2.92. The lowest BCUT2D eigenvalue weighted by atomic mass is 9.89. The number of nitriles is 1. The smallest absolute Gasteiger partial charge is 0.180 e. The zero-order valence-corrected chi connectivity index (χ0v) is 12.5. The van der Waals surface area contributed by atoms with Crippen LogP contribution in [0.15, 0.2) is 18.2 Å². The number of hydrogen-bond donors (Lipinski definition) is 0. The Morgan fingerprint density at radius 3 is 2.30 bits per heavy atom. The molecule has 0 aromatic heterocycles. The standard InChI is InChI=1S/C16H21NO3/c1-5-19-14-8-7-12(9-15(14)20-6-2)16(18)13(10-17)11(3)4/h7-9,11,13H,5-6H2,1-4H3. The molecule has 20 heavy (non-hydrogen) atoms. The minimum absolute atomic E-state index is 0.0189. The predicted molar refractivity (Wildman–Crippen MR) is 77.1 cm³/mol. The summed E-state index contributed by atoms with van der Waals surface area (Å²) in [6, 6.07) is 7.13. The van der Waals surface area contributed by atoms with Gasteiger partial charge < -0.3 is 9.47 Å². The fourth-order valence-corrected chi connectivity index (χ4v) is 1.89. The average Bonchev–Trinajstić information content (AvgIpc) is 2.41. The number of carbonyl (C=O) groups is 1. The highest BCUT2D eigenvalue weighted by Crippen LogP contribution is 2.30. The van der Waals surface area contributed by atoms with Crippen molar-refractivity contribution in [1.29, 1.82) is 5.26 Å². The predicted octanol–water partition coefficient (Wildman–Crippen LogP) is 3.46. The molecule has 4 nitrogen and oxygen atoms in total. The molecule has 1 atom stereocenters. The molecule has 0 bridgehead atoms. The van der Waals surface area contributed by atoms with Crippen LogP contribution in [0.3, 0.4) is 0 Å². The summed E-state index contributed by atoms with van der Waals surface area (Å²) in [5, 5.41) is 9.11. The second kappa shape index (κ2) is 7.54. The van der Waals surface area contributed by atoms with Crippen molar-refractivity contribution in [1.82, 2.24) is 0 Å². The molecule has 1 aromatic carbocycles. The van der Waals surface area contributed by atoms with Crippen LogP contribution in [0.25, 0.3) is 0 Å². The fraction of sp³-hybridized carbons (Fsp3) is 0.500. The number of carbonyl (C=O) groups excluding carboxylic acids is 1. The van der Waals surface area contributed by atoms with Gasteiger partial charge in [0.25, 0.3) is 0 Å². The van der Waals surface area contributed by atoms with Crippen LogP contribution < -0.4 is 9.47 Å². The van der Waals surface area contributed by atoms with Gasteiger partial charge in [-0.2, -0.15) is 5.26 Å². The summed E-state index contributed by atoms with van der Waals surface area (Å²) in [6.45, 7) is 8.51. The van der Waals surface area contributed by atoms with Gasteiger partial charge in [-0.15, -0.1) is 0 Å². The van der Waals surface area contributed by atoms with Crippen molar-refractivity contribution in [3.63, 3.8) is 0 Å². The van der Waals surface area contributed by atoms with Crippen LogP contribution >= 0.6 is 0 Å². The van der Waals surface area contributed by atoms with Crippen molar-refractivity contribution in [2.45, 2.75) is 27.7 Å². The maximum Gasteiger partial charge on any atom is 0.180 e. The largest absolute Gasteiger partial charge is 0.490 e. The van der Waals surface area contributed by atoms with Crippen LogP contribution in [0.2, 0.25) is 0 Å². The van der Waals surface area contributed by atoms with E-state index in [2.05, 4.69) is 6.07 Å². The van der Waals surface area contributed by atoms with Crippen LogP contribution in [0.1, 0.15) is 38.1 Å². The van der Waals surface area contributed by atoms with E-state index in [1.165, 1.54) is 0 Å². The van der Waals surface area contributed by atoms with E-state index in [1.54, 1.807) is 18.2 Å². The fourth-order valence-electron chi connectivity index (χ4n) is 1.89. The third-order valence-electron chi connectivity index (χ3n) is 2.92. The summed E-state index contributed by atoms with van der Waals surface area (Å²) < 4.78 is 11.0. The molecule has 4 heteroatoms. The first-order valence-electron chi connectivity index (χ1n) is 6.88. The number of nitrogens with zero attached hydrogens (tertiary/aromatic N) is 1. The first-order valence-corrected chi connectivity index (χ1v) is 6.88. The SMILES string of the molecule is CCOc1ccc(C(=O)C(C#N)C(C)C)cc1OCC. The molecule has 1 aromatic rings. The number of ketones is 1. The summed E-state index contributed by atoms with van der Waals surface area (Å²) in [5.41, 5.74) is 0.483. The molecule has 1 unspecified atom stereocenters. The van der Waals surface area contributed by atoms with Crippen LogP contribution in [-0.2, 0) is 0 Å². The van der Waals surface area contributed by atoms with Crippen LogP contribution in [0.5, 0.6) is 11.5 Å². The minimum Gasteiger partial charge on any atom is -0.490 e. The molecule has 1 rings (SSSR count). The normalized spacial score (nSPS) is 11.8. The van der Waals surface area contributed by atoms with Crippen LogP contribution in [-0.4, -0.2) is 19.0 Å². The van der Waals surface area contributed by atoms with Crippen LogP contribution in [0.4, 0.5) is 0 Å². The molecule has 0 aliphatic carbocycles. The van der Waals surface area contributed by atoms with E-state index in [0.29, 0.717) is 30.3 Å². The van der Waals surface area contributed by atoms with Gasteiger partial charge in [-0.05, 0) is 38.0 Å². The number of ether oxygens (including phenoxy) is 2. The van der Waals surface area contributed by atoms with E-state index in [1.807, 2.05) is 27.7 Å². The van der Waals surface area contributed by atoms with E-state index in [9.17, 15) is 4.79 Å². The van der Waals surface area contributed by atoms with Gasteiger partial charge in [0.2, 0.25) is 0 Å². The number of hydrogen-bond acceptors (Lipinski definition) is 4. The molecule has 0 saturated carbocycles. The molecule has 0 spiro atoms. The number of rotatable bonds is 7. The Bertz CT molecular complexity index is 503. The van der Waals surface area contributed by atoms with Gasteiger partial charge >= 0.3 is 0 Å². The lowest BCUT2D eigenvalue weighted by molar-refractivity contribution is 0.0924. The highest BCUT2D eigenvalue weighted by atomic mass is 16.5. The van der Waals surface area contributed by atoms with Gasteiger partial charge in [0, 0.05) is 5.56 Å². The molecular weight excluding hydrogens is 254 g/mol. The van der Waals surface area contributed by atoms with Crippen molar-refractivity contribution in [3.8, 4) is 17.6 Å². The molecule has 0 heterocycles. The Hall–Kier alpha value is -2.02. The second-order valence-corrected chi connectivity index (χ2v) is 4.74. The number of benzene rings is 1. The van der Waals surface area contributed by atoms with Crippen molar-refractivity contribution < 1.29 is 14.3 Å². The van der Waals surface area contributed by atoms with E-state index < -0.39 is 5.92 Å². The minimum atomic E-state index is -0.637. The Labute approximate surface area is 120 Å². The maximum absolute atomic E-state index is 12.3. The first kappa shape index (κ1) is 16.0. The molecule has 0 amide bonds. The molecule has 0 N–H and O–H groups in total. The van der Waals surface area contributed by atoms with Crippen molar-refractivity contribution >= 4 is 5.78 Å². The van der Waals surface area contributed by atoms with Crippen molar-refractivity contribution in [2.24, 2.45) is 11.8 Å². The topological polar surface area (TPSA) is 59.3 Å². The molecule has 0 fully saturated rings. The molecule has 0 aliphatic rings. The maximum atomic E-state index is 12.3. The first-order chi connectivity index (χ1) is 9.54. The summed E-state index contributed by atoms with van der Waals surface area (Å²) >= 11 is 0.